The van der Waals surface area contributed by atoms with E-state index in [1.165, 1.54) is 0 Å². The van der Waals surface area contributed by atoms with Crippen LogP contribution in [0.1, 0.15) is 38.1 Å². The van der Waals surface area contributed by atoms with Crippen LogP contribution in [-0.2, 0) is 12.8 Å². The highest BCUT2D eigenvalue weighted by atomic mass is 16.3. The summed E-state index contributed by atoms with van der Waals surface area (Å²) < 4.78 is 0. The summed E-state index contributed by atoms with van der Waals surface area (Å²) in [5.41, 5.74) is 1.84. The van der Waals surface area contributed by atoms with Crippen molar-refractivity contribution < 1.29 is 10.2 Å². The number of hydrogen-bond donors (Lipinski definition) is 3. The Labute approximate surface area is 115 Å². The molecule has 1 heterocycles. The van der Waals surface area contributed by atoms with Crippen LogP contribution < -0.4 is 5.32 Å². The summed E-state index contributed by atoms with van der Waals surface area (Å²) in [4.78, 5) is 8.76. The number of nitrogens with zero attached hydrogens (tertiary/aromatic N) is 2. The van der Waals surface area contributed by atoms with Crippen LogP contribution in [0.5, 0.6) is 0 Å². The zero-order valence-electron chi connectivity index (χ0n) is 11.8. The van der Waals surface area contributed by atoms with E-state index < -0.39 is 6.10 Å². The van der Waals surface area contributed by atoms with Crippen LogP contribution >= 0.6 is 0 Å². The molecule has 0 spiro atoms. The van der Waals surface area contributed by atoms with Crippen LogP contribution in [0.15, 0.2) is 12.4 Å². The van der Waals surface area contributed by atoms with Gasteiger partial charge in [0.1, 0.15) is 0 Å². The third-order valence-electron chi connectivity index (χ3n) is 3.09. The number of aryl methyl sites for hydroxylation is 1. The normalized spacial score (nSPS) is 14.3. The zero-order valence-corrected chi connectivity index (χ0v) is 11.8. The van der Waals surface area contributed by atoms with Crippen molar-refractivity contribution in [2.45, 2.75) is 51.7 Å². The van der Waals surface area contributed by atoms with Gasteiger partial charge in [0.05, 0.1) is 24.1 Å². The van der Waals surface area contributed by atoms with Gasteiger partial charge in [-0.25, -0.2) is 0 Å². The highest BCUT2D eigenvalue weighted by Crippen LogP contribution is 2.05. The van der Waals surface area contributed by atoms with Crippen molar-refractivity contribution in [2.75, 3.05) is 13.2 Å². The summed E-state index contributed by atoms with van der Waals surface area (Å²) in [5.74, 6) is 0. The largest absolute Gasteiger partial charge is 0.394 e. The van der Waals surface area contributed by atoms with E-state index in [9.17, 15) is 5.11 Å². The summed E-state index contributed by atoms with van der Waals surface area (Å²) in [5, 5.41) is 21.9. The Kier molecular flexibility index (Phi) is 7.55. The van der Waals surface area contributed by atoms with Gasteiger partial charge in [-0.2, -0.15) is 0 Å². The number of hydrogen-bond acceptors (Lipinski definition) is 5. The van der Waals surface area contributed by atoms with E-state index in [0.29, 0.717) is 6.42 Å². The van der Waals surface area contributed by atoms with Crippen LogP contribution in [-0.4, -0.2) is 45.5 Å². The molecular formula is C14H25N3O2. The molecule has 1 aromatic rings. The zero-order chi connectivity index (χ0) is 14.1. The van der Waals surface area contributed by atoms with Gasteiger partial charge in [0.2, 0.25) is 0 Å². The SMILES string of the molecule is CCCCc1cnc(C[C@H](NCC)[C@H](O)CO)cn1. The molecule has 0 fully saturated rings. The van der Waals surface area contributed by atoms with Crippen LogP contribution in [0.3, 0.4) is 0 Å². The lowest BCUT2D eigenvalue weighted by atomic mass is 10.1. The molecule has 0 unspecified atom stereocenters. The maximum absolute atomic E-state index is 9.72. The lowest BCUT2D eigenvalue weighted by Gasteiger charge is -2.21. The lowest BCUT2D eigenvalue weighted by Crippen LogP contribution is -2.43. The number of aliphatic hydroxyl groups is 2. The van der Waals surface area contributed by atoms with E-state index in [1.807, 2.05) is 6.92 Å². The molecule has 0 bridgehead atoms. The molecule has 2 atom stereocenters. The molecule has 0 aliphatic heterocycles. The number of aliphatic hydroxyl groups excluding tert-OH is 2. The van der Waals surface area contributed by atoms with Crippen molar-refractivity contribution in [1.29, 1.82) is 0 Å². The number of rotatable bonds is 9. The second-order valence-corrected chi connectivity index (χ2v) is 4.72. The van der Waals surface area contributed by atoms with Gasteiger partial charge in [0.25, 0.3) is 0 Å². The highest BCUT2D eigenvalue weighted by Gasteiger charge is 2.18. The molecule has 0 aliphatic carbocycles. The number of aromatic nitrogens is 2. The number of likely N-dealkylation sites (N-methyl/N-ethyl adjacent to an activating group) is 1. The van der Waals surface area contributed by atoms with E-state index in [0.717, 1.165) is 37.2 Å². The van der Waals surface area contributed by atoms with Gasteiger partial charge in [0.15, 0.2) is 0 Å². The third-order valence-corrected chi connectivity index (χ3v) is 3.09. The molecule has 0 saturated heterocycles. The molecule has 1 aromatic heterocycles. The second-order valence-electron chi connectivity index (χ2n) is 4.72. The topological polar surface area (TPSA) is 78.3 Å². The van der Waals surface area contributed by atoms with E-state index in [2.05, 4.69) is 22.2 Å². The Balaban J connectivity index is 2.58. The van der Waals surface area contributed by atoms with Gasteiger partial charge in [0, 0.05) is 24.9 Å². The Morgan fingerprint density at radius 3 is 2.42 bits per heavy atom. The molecule has 0 amide bonds. The van der Waals surface area contributed by atoms with E-state index in [-0.39, 0.29) is 12.6 Å². The second kappa shape index (κ2) is 8.96. The first-order chi connectivity index (χ1) is 9.21. The van der Waals surface area contributed by atoms with E-state index in [4.69, 9.17) is 5.11 Å². The van der Waals surface area contributed by atoms with E-state index >= 15 is 0 Å². The minimum Gasteiger partial charge on any atom is -0.394 e. The van der Waals surface area contributed by atoms with Gasteiger partial charge in [-0.3, -0.25) is 9.97 Å². The van der Waals surface area contributed by atoms with Crippen LogP contribution in [0, 0.1) is 0 Å². The standard InChI is InChI=1S/C14H25N3O2/c1-3-5-6-11-8-17-12(9-16-11)7-13(15-4-2)14(19)10-18/h8-9,13-15,18-19H,3-7,10H2,1-2H3/t13-,14+/m0/s1. The molecule has 0 radical (unpaired) electrons. The summed E-state index contributed by atoms with van der Waals surface area (Å²) in [6.45, 7) is 4.61. The number of nitrogens with one attached hydrogen (secondary N) is 1. The van der Waals surface area contributed by atoms with Crippen molar-refractivity contribution >= 4 is 0 Å². The molecular weight excluding hydrogens is 242 g/mol. The van der Waals surface area contributed by atoms with Gasteiger partial charge in [-0.1, -0.05) is 20.3 Å². The average molecular weight is 267 g/mol. The maximum Gasteiger partial charge on any atom is 0.0927 e. The van der Waals surface area contributed by atoms with Crippen LogP contribution in [0.25, 0.3) is 0 Å². The Morgan fingerprint density at radius 2 is 1.89 bits per heavy atom. The quantitative estimate of drug-likeness (QED) is 0.613. The van der Waals surface area contributed by atoms with Crippen molar-refractivity contribution in [3.63, 3.8) is 0 Å². The van der Waals surface area contributed by atoms with Crippen molar-refractivity contribution in [3.8, 4) is 0 Å². The Morgan fingerprint density at radius 1 is 1.21 bits per heavy atom. The van der Waals surface area contributed by atoms with Crippen LogP contribution in [0.2, 0.25) is 0 Å². The summed E-state index contributed by atoms with van der Waals surface area (Å²) in [6.07, 6.45) is 6.59. The fraction of sp³-hybridized carbons (Fsp3) is 0.714. The van der Waals surface area contributed by atoms with Crippen molar-refractivity contribution in [1.82, 2.24) is 15.3 Å². The summed E-state index contributed by atoms with van der Waals surface area (Å²) in [6, 6.07) is -0.189. The molecule has 0 aliphatic rings. The molecule has 3 N–H and O–H groups in total. The first-order valence-corrected chi connectivity index (χ1v) is 7.03. The third kappa shape index (κ3) is 5.63. The maximum atomic E-state index is 9.72. The minimum atomic E-state index is -0.776. The average Bonchev–Trinajstić information content (AvgIpc) is 2.45. The fourth-order valence-electron chi connectivity index (χ4n) is 1.93. The smallest absolute Gasteiger partial charge is 0.0927 e. The summed E-state index contributed by atoms with van der Waals surface area (Å²) in [7, 11) is 0. The predicted molar refractivity (Wildman–Crippen MR) is 74.9 cm³/mol. The monoisotopic (exact) mass is 267 g/mol. The lowest BCUT2D eigenvalue weighted by molar-refractivity contribution is 0.0630. The highest BCUT2D eigenvalue weighted by molar-refractivity contribution is 5.05. The molecule has 5 heteroatoms. The molecule has 108 valence electrons. The first kappa shape index (κ1) is 16.0. The number of unbranched alkanes of at least 4 members (excludes halogenated alkanes) is 1. The fourth-order valence-corrected chi connectivity index (χ4v) is 1.93. The molecule has 0 saturated carbocycles. The predicted octanol–water partition coefficient (Wildman–Crippen LogP) is 0.693. The van der Waals surface area contributed by atoms with Gasteiger partial charge in [-0.05, 0) is 19.4 Å². The molecule has 1 rings (SSSR count). The molecule has 5 nitrogen and oxygen atoms in total. The Hall–Kier alpha value is -1.04. The Bertz CT molecular complexity index is 343. The molecule has 19 heavy (non-hydrogen) atoms. The van der Waals surface area contributed by atoms with Crippen molar-refractivity contribution in [2.24, 2.45) is 0 Å². The van der Waals surface area contributed by atoms with Gasteiger partial charge < -0.3 is 15.5 Å². The molecule has 0 aromatic carbocycles. The van der Waals surface area contributed by atoms with Gasteiger partial charge >= 0.3 is 0 Å². The van der Waals surface area contributed by atoms with Gasteiger partial charge in [-0.15, -0.1) is 0 Å². The van der Waals surface area contributed by atoms with E-state index in [1.54, 1.807) is 12.4 Å². The minimum absolute atomic E-state index is 0.189. The summed E-state index contributed by atoms with van der Waals surface area (Å²) >= 11 is 0. The first-order valence-electron chi connectivity index (χ1n) is 7.03. The van der Waals surface area contributed by atoms with Crippen molar-refractivity contribution in [3.05, 3.63) is 23.8 Å². The van der Waals surface area contributed by atoms with Crippen LogP contribution in [0.4, 0.5) is 0 Å².